The fraction of sp³-hybridized carbons (Fsp3) is 0.526. The molecule has 2 fully saturated rings. The van der Waals surface area contributed by atoms with E-state index in [9.17, 15) is 4.79 Å². The van der Waals surface area contributed by atoms with E-state index in [1.54, 1.807) is 18.7 Å². The molecule has 1 saturated heterocycles. The first-order valence-corrected chi connectivity index (χ1v) is 8.99. The van der Waals surface area contributed by atoms with Gasteiger partial charge in [-0.1, -0.05) is 19.8 Å². The predicted octanol–water partition coefficient (Wildman–Crippen LogP) is 3.31. The third kappa shape index (κ3) is 2.72. The molecular weight excluding hydrogens is 300 g/mol. The molecule has 2 aromatic heterocycles. The van der Waals surface area contributed by atoms with E-state index in [0.29, 0.717) is 12.0 Å². The molecule has 1 amide bonds. The van der Waals surface area contributed by atoms with Crippen LogP contribution in [0.5, 0.6) is 0 Å². The van der Waals surface area contributed by atoms with Gasteiger partial charge in [-0.25, -0.2) is 9.97 Å². The third-order valence-corrected chi connectivity index (χ3v) is 5.76. The lowest BCUT2D eigenvalue weighted by atomic mass is 9.72. The highest BCUT2D eigenvalue weighted by Crippen LogP contribution is 2.39. The van der Waals surface area contributed by atoms with Crippen molar-refractivity contribution in [1.29, 1.82) is 0 Å². The number of fused-ring (bicyclic) bond motifs is 1. The molecule has 0 spiro atoms. The van der Waals surface area contributed by atoms with Crippen molar-refractivity contribution in [3.05, 3.63) is 42.6 Å². The molecule has 1 aliphatic heterocycles. The number of nitrogens with zero attached hydrogens (tertiary/aromatic N) is 4. The van der Waals surface area contributed by atoms with Gasteiger partial charge in [-0.05, 0) is 43.2 Å². The maximum atomic E-state index is 13.2. The van der Waals surface area contributed by atoms with Crippen LogP contribution in [-0.2, 0) is 0 Å². The van der Waals surface area contributed by atoms with E-state index in [1.807, 2.05) is 22.9 Å². The summed E-state index contributed by atoms with van der Waals surface area (Å²) in [7, 11) is 0. The molecule has 0 aromatic carbocycles. The van der Waals surface area contributed by atoms with E-state index >= 15 is 0 Å². The van der Waals surface area contributed by atoms with Gasteiger partial charge in [0, 0.05) is 36.7 Å². The second-order valence-corrected chi connectivity index (χ2v) is 7.15. The maximum absolute atomic E-state index is 13.2. The number of aromatic nitrogens is 3. The first-order chi connectivity index (χ1) is 11.7. The second kappa shape index (κ2) is 6.38. The first-order valence-electron chi connectivity index (χ1n) is 8.99. The Hall–Kier alpha value is -2.17. The lowest BCUT2D eigenvalue weighted by Crippen LogP contribution is -2.52. The van der Waals surface area contributed by atoms with E-state index in [1.165, 1.54) is 19.3 Å². The summed E-state index contributed by atoms with van der Waals surface area (Å²) in [6.07, 6.45) is 13.1. The number of carbonyl (C=O) groups excluding carboxylic acids is 1. The van der Waals surface area contributed by atoms with Crippen molar-refractivity contribution in [2.45, 2.75) is 45.1 Å². The summed E-state index contributed by atoms with van der Waals surface area (Å²) in [5.74, 6) is 2.30. The summed E-state index contributed by atoms with van der Waals surface area (Å²) in [5.41, 5.74) is 0.729. The number of amides is 1. The average Bonchev–Trinajstić information content (AvgIpc) is 3.17. The van der Waals surface area contributed by atoms with Crippen molar-refractivity contribution in [3.63, 3.8) is 0 Å². The minimum absolute atomic E-state index is 0.155. The Labute approximate surface area is 142 Å². The number of hydrogen-bond donors (Lipinski definition) is 0. The smallest absolute Gasteiger partial charge is 0.254 e. The van der Waals surface area contributed by atoms with Gasteiger partial charge in [-0.15, -0.1) is 0 Å². The highest BCUT2D eigenvalue weighted by atomic mass is 16.2. The number of carbonyl (C=O) groups is 1. The normalized spacial score (nSPS) is 26.9. The van der Waals surface area contributed by atoms with Crippen LogP contribution < -0.4 is 0 Å². The Balaban J connectivity index is 1.60. The zero-order valence-electron chi connectivity index (χ0n) is 14.1. The zero-order chi connectivity index (χ0) is 16.5. The molecule has 0 radical (unpaired) electrons. The molecule has 3 atom stereocenters. The molecule has 24 heavy (non-hydrogen) atoms. The van der Waals surface area contributed by atoms with Crippen LogP contribution in [0, 0.1) is 11.8 Å². The van der Waals surface area contributed by atoms with Crippen LogP contribution in [0.25, 0.3) is 5.82 Å². The average molecular weight is 324 g/mol. The van der Waals surface area contributed by atoms with Gasteiger partial charge >= 0.3 is 0 Å². The van der Waals surface area contributed by atoms with Crippen molar-refractivity contribution in [2.75, 3.05) is 6.54 Å². The molecule has 3 heterocycles. The van der Waals surface area contributed by atoms with Crippen molar-refractivity contribution < 1.29 is 4.79 Å². The summed E-state index contributed by atoms with van der Waals surface area (Å²) in [6, 6.07) is 4.12. The van der Waals surface area contributed by atoms with Gasteiger partial charge in [-0.2, -0.15) is 0 Å². The Morgan fingerprint density at radius 2 is 2.08 bits per heavy atom. The molecule has 1 saturated carbocycles. The highest BCUT2D eigenvalue weighted by Gasteiger charge is 2.39. The molecular formula is C19H24N4O. The van der Waals surface area contributed by atoms with Crippen molar-refractivity contribution in [1.82, 2.24) is 19.4 Å². The minimum atomic E-state index is 0.155. The van der Waals surface area contributed by atoms with Gasteiger partial charge in [0.05, 0.1) is 0 Å². The van der Waals surface area contributed by atoms with Crippen LogP contribution >= 0.6 is 0 Å². The van der Waals surface area contributed by atoms with Gasteiger partial charge in [0.25, 0.3) is 5.91 Å². The number of hydrogen-bond acceptors (Lipinski definition) is 3. The first kappa shape index (κ1) is 15.4. The molecule has 2 aromatic rings. The lowest BCUT2D eigenvalue weighted by molar-refractivity contribution is 0.0217. The molecule has 126 valence electrons. The molecule has 5 heteroatoms. The van der Waals surface area contributed by atoms with Crippen molar-refractivity contribution >= 4 is 5.91 Å². The topological polar surface area (TPSA) is 51.0 Å². The Morgan fingerprint density at radius 3 is 2.92 bits per heavy atom. The van der Waals surface area contributed by atoms with Gasteiger partial charge in [0.2, 0.25) is 0 Å². The van der Waals surface area contributed by atoms with E-state index in [4.69, 9.17) is 0 Å². The van der Waals surface area contributed by atoms with Crippen LogP contribution in [0.15, 0.2) is 37.1 Å². The molecule has 0 bridgehead atoms. The van der Waals surface area contributed by atoms with Gasteiger partial charge < -0.3 is 4.90 Å². The Morgan fingerprint density at radius 1 is 1.21 bits per heavy atom. The summed E-state index contributed by atoms with van der Waals surface area (Å²) in [4.78, 5) is 23.7. The zero-order valence-corrected chi connectivity index (χ0v) is 14.1. The largest absolute Gasteiger partial charge is 0.335 e. The molecule has 3 unspecified atom stereocenters. The number of likely N-dealkylation sites (tertiary alicyclic amines) is 1. The van der Waals surface area contributed by atoms with Gasteiger partial charge in [0.15, 0.2) is 0 Å². The van der Waals surface area contributed by atoms with E-state index < -0.39 is 0 Å². The third-order valence-electron chi connectivity index (χ3n) is 5.76. The summed E-state index contributed by atoms with van der Waals surface area (Å²) in [6.45, 7) is 3.23. The molecule has 2 aliphatic rings. The summed E-state index contributed by atoms with van der Waals surface area (Å²) >= 11 is 0. The SMILES string of the molecule is CC1CCN(C(=O)c2ccnc(-n3ccnc3)c2)C2CCCCC12. The fourth-order valence-corrected chi connectivity index (χ4v) is 4.42. The number of imidazole rings is 1. The van der Waals surface area contributed by atoms with Crippen molar-refractivity contribution in [3.8, 4) is 5.82 Å². The predicted molar refractivity (Wildman–Crippen MR) is 91.9 cm³/mol. The summed E-state index contributed by atoms with van der Waals surface area (Å²) in [5, 5.41) is 0. The summed E-state index contributed by atoms with van der Waals surface area (Å²) < 4.78 is 1.83. The van der Waals surface area contributed by atoms with E-state index in [2.05, 4.69) is 21.8 Å². The number of piperidine rings is 1. The number of rotatable bonds is 2. The van der Waals surface area contributed by atoms with Crippen LogP contribution in [0.3, 0.4) is 0 Å². The standard InChI is InChI=1S/C19H24N4O/c1-14-7-10-23(17-5-3-2-4-16(14)17)19(24)15-6-8-21-18(12-15)22-11-9-20-13-22/h6,8-9,11-14,16-17H,2-5,7,10H2,1H3. The Kier molecular flexibility index (Phi) is 4.08. The second-order valence-electron chi connectivity index (χ2n) is 7.15. The lowest BCUT2D eigenvalue weighted by Gasteiger charge is -2.47. The molecule has 0 N–H and O–H groups in total. The monoisotopic (exact) mass is 324 g/mol. The number of pyridine rings is 1. The van der Waals surface area contributed by atoms with Crippen LogP contribution in [-0.4, -0.2) is 37.9 Å². The van der Waals surface area contributed by atoms with Gasteiger partial charge in [-0.3, -0.25) is 9.36 Å². The maximum Gasteiger partial charge on any atom is 0.254 e. The molecule has 5 nitrogen and oxygen atoms in total. The van der Waals surface area contributed by atoms with Crippen molar-refractivity contribution in [2.24, 2.45) is 11.8 Å². The quantitative estimate of drug-likeness (QED) is 0.851. The fourth-order valence-electron chi connectivity index (χ4n) is 4.42. The Bertz CT molecular complexity index is 712. The van der Waals surface area contributed by atoms with Crippen LogP contribution in [0.4, 0.5) is 0 Å². The highest BCUT2D eigenvalue weighted by molar-refractivity contribution is 5.94. The van der Waals surface area contributed by atoms with Gasteiger partial charge in [0.1, 0.15) is 12.1 Å². The van der Waals surface area contributed by atoms with E-state index in [-0.39, 0.29) is 5.91 Å². The van der Waals surface area contributed by atoms with Crippen LogP contribution in [0.1, 0.15) is 49.4 Å². The van der Waals surface area contributed by atoms with Crippen LogP contribution in [0.2, 0.25) is 0 Å². The molecule has 4 rings (SSSR count). The molecule has 1 aliphatic carbocycles. The minimum Gasteiger partial charge on any atom is -0.335 e. The van der Waals surface area contributed by atoms with E-state index in [0.717, 1.165) is 36.7 Å².